The Labute approximate surface area is 105 Å². The van der Waals surface area contributed by atoms with Crippen LogP contribution in [-0.2, 0) is 11.3 Å². The first-order valence-corrected chi connectivity index (χ1v) is 5.93. The number of nitrogens with zero attached hydrogens (tertiary/aromatic N) is 1. The zero-order valence-corrected chi connectivity index (χ0v) is 10.2. The third kappa shape index (κ3) is 2.56. The zero-order chi connectivity index (χ0) is 13.3. The number of phenols is 2. The van der Waals surface area contributed by atoms with Crippen LogP contribution in [0.3, 0.4) is 0 Å². The van der Waals surface area contributed by atoms with E-state index >= 15 is 0 Å². The average Bonchev–Trinajstić information content (AvgIpc) is 2.65. The second-order valence-corrected chi connectivity index (χ2v) is 4.94. The van der Waals surface area contributed by atoms with Crippen molar-refractivity contribution in [1.29, 1.82) is 0 Å². The number of phenolic OH excluding ortho intramolecular Hbond substituents is 2. The lowest BCUT2D eigenvalue weighted by molar-refractivity contribution is -0.142. The molecule has 2 atom stereocenters. The van der Waals surface area contributed by atoms with Crippen LogP contribution in [0.25, 0.3) is 0 Å². The summed E-state index contributed by atoms with van der Waals surface area (Å²) < 4.78 is 0. The largest absolute Gasteiger partial charge is 0.504 e. The standard InChI is InChI=1S/C13H17NO4/c1-8-5-14(7-10(8)13(17)18)6-9-2-3-11(15)12(16)4-9/h2-4,8,10,15-16H,5-7H2,1H3,(H,17,18). The molecule has 0 spiro atoms. The fraction of sp³-hybridized carbons (Fsp3) is 0.462. The summed E-state index contributed by atoms with van der Waals surface area (Å²) >= 11 is 0. The van der Waals surface area contributed by atoms with Crippen molar-refractivity contribution in [1.82, 2.24) is 4.90 Å². The Morgan fingerprint density at radius 3 is 2.61 bits per heavy atom. The van der Waals surface area contributed by atoms with Gasteiger partial charge in [-0.1, -0.05) is 13.0 Å². The summed E-state index contributed by atoms with van der Waals surface area (Å²) in [6, 6.07) is 4.68. The first kappa shape index (κ1) is 12.7. The molecule has 3 N–H and O–H groups in total. The highest BCUT2D eigenvalue weighted by molar-refractivity contribution is 5.71. The van der Waals surface area contributed by atoms with Gasteiger partial charge in [0.25, 0.3) is 0 Å². The topological polar surface area (TPSA) is 81.0 Å². The molecule has 1 aliphatic heterocycles. The van der Waals surface area contributed by atoms with Gasteiger partial charge in [0, 0.05) is 19.6 Å². The van der Waals surface area contributed by atoms with Crippen LogP contribution >= 0.6 is 0 Å². The van der Waals surface area contributed by atoms with E-state index in [0.717, 1.165) is 12.1 Å². The molecule has 5 nitrogen and oxygen atoms in total. The summed E-state index contributed by atoms with van der Waals surface area (Å²) in [5, 5.41) is 27.7. The van der Waals surface area contributed by atoms with Gasteiger partial charge in [0.05, 0.1) is 5.92 Å². The van der Waals surface area contributed by atoms with Crippen molar-refractivity contribution in [2.24, 2.45) is 11.8 Å². The molecule has 0 bridgehead atoms. The Hall–Kier alpha value is -1.75. The third-order valence-corrected chi connectivity index (χ3v) is 3.45. The number of carboxylic acid groups (broad SMARTS) is 1. The van der Waals surface area contributed by atoms with E-state index in [2.05, 4.69) is 4.90 Å². The summed E-state index contributed by atoms with van der Waals surface area (Å²) in [7, 11) is 0. The predicted molar refractivity (Wildman–Crippen MR) is 65.3 cm³/mol. The van der Waals surface area contributed by atoms with Crippen molar-refractivity contribution in [2.75, 3.05) is 13.1 Å². The second kappa shape index (κ2) is 4.86. The van der Waals surface area contributed by atoms with Gasteiger partial charge in [0.15, 0.2) is 11.5 Å². The number of aliphatic carboxylic acids is 1. The molecule has 18 heavy (non-hydrogen) atoms. The molecule has 0 aliphatic carbocycles. The number of hydrogen-bond donors (Lipinski definition) is 3. The molecule has 98 valence electrons. The highest BCUT2D eigenvalue weighted by Gasteiger charge is 2.34. The second-order valence-electron chi connectivity index (χ2n) is 4.94. The molecule has 1 aliphatic rings. The van der Waals surface area contributed by atoms with E-state index in [-0.39, 0.29) is 23.3 Å². The Balaban J connectivity index is 2.03. The first-order chi connectivity index (χ1) is 8.47. The average molecular weight is 251 g/mol. The van der Waals surface area contributed by atoms with Crippen molar-refractivity contribution in [3.05, 3.63) is 23.8 Å². The van der Waals surface area contributed by atoms with Crippen LogP contribution in [0.5, 0.6) is 11.5 Å². The van der Waals surface area contributed by atoms with Crippen molar-refractivity contribution >= 4 is 5.97 Å². The SMILES string of the molecule is CC1CN(Cc2ccc(O)c(O)c2)CC1C(=O)O. The Bertz CT molecular complexity index is 460. The van der Waals surface area contributed by atoms with E-state index in [1.54, 1.807) is 6.07 Å². The van der Waals surface area contributed by atoms with E-state index < -0.39 is 5.97 Å². The molecule has 1 aromatic carbocycles. The normalized spacial score (nSPS) is 24.3. The summed E-state index contributed by atoms with van der Waals surface area (Å²) in [5.74, 6) is -1.23. The Morgan fingerprint density at radius 1 is 1.33 bits per heavy atom. The first-order valence-electron chi connectivity index (χ1n) is 5.93. The fourth-order valence-electron chi connectivity index (χ4n) is 2.44. The molecule has 0 radical (unpaired) electrons. The number of hydrogen-bond acceptors (Lipinski definition) is 4. The highest BCUT2D eigenvalue weighted by Crippen LogP contribution is 2.28. The molecule has 1 saturated heterocycles. The fourth-order valence-corrected chi connectivity index (χ4v) is 2.44. The maximum Gasteiger partial charge on any atom is 0.308 e. The molecule has 1 heterocycles. The van der Waals surface area contributed by atoms with Gasteiger partial charge in [-0.3, -0.25) is 9.69 Å². The van der Waals surface area contributed by atoms with Gasteiger partial charge < -0.3 is 15.3 Å². The lowest BCUT2D eigenvalue weighted by atomic mass is 9.99. The lowest BCUT2D eigenvalue weighted by Crippen LogP contribution is -2.23. The van der Waals surface area contributed by atoms with E-state index in [0.29, 0.717) is 13.1 Å². The molecule has 0 aromatic heterocycles. The number of rotatable bonds is 3. The van der Waals surface area contributed by atoms with Crippen molar-refractivity contribution < 1.29 is 20.1 Å². The van der Waals surface area contributed by atoms with Gasteiger partial charge in [0.1, 0.15) is 0 Å². The molecular weight excluding hydrogens is 234 g/mol. The minimum atomic E-state index is -0.751. The molecule has 2 rings (SSSR count). The van der Waals surface area contributed by atoms with Crippen molar-refractivity contribution in [3.63, 3.8) is 0 Å². The molecule has 5 heteroatoms. The van der Waals surface area contributed by atoms with Crippen LogP contribution in [0, 0.1) is 11.8 Å². The molecule has 0 amide bonds. The van der Waals surface area contributed by atoms with Gasteiger partial charge in [0.2, 0.25) is 0 Å². The minimum Gasteiger partial charge on any atom is -0.504 e. The van der Waals surface area contributed by atoms with Crippen molar-refractivity contribution in [3.8, 4) is 11.5 Å². The van der Waals surface area contributed by atoms with E-state index in [1.807, 2.05) is 6.92 Å². The summed E-state index contributed by atoms with van der Waals surface area (Å²) in [5.41, 5.74) is 0.864. The van der Waals surface area contributed by atoms with Gasteiger partial charge >= 0.3 is 5.97 Å². The van der Waals surface area contributed by atoms with Gasteiger partial charge in [-0.15, -0.1) is 0 Å². The Morgan fingerprint density at radius 2 is 2.06 bits per heavy atom. The van der Waals surface area contributed by atoms with Crippen LogP contribution in [-0.4, -0.2) is 39.3 Å². The summed E-state index contributed by atoms with van der Waals surface area (Å²) in [4.78, 5) is 13.1. The number of carboxylic acids is 1. The van der Waals surface area contributed by atoms with Crippen molar-refractivity contribution in [2.45, 2.75) is 13.5 Å². The van der Waals surface area contributed by atoms with Crippen LogP contribution in [0.15, 0.2) is 18.2 Å². The van der Waals surface area contributed by atoms with Crippen LogP contribution in [0.4, 0.5) is 0 Å². The molecular formula is C13H17NO4. The maximum absolute atomic E-state index is 11.0. The Kier molecular flexibility index (Phi) is 3.43. The van der Waals surface area contributed by atoms with E-state index in [1.165, 1.54) is 12.1 Å². The quantitative estimate of drug-likeness (QED) is 0.704. The van der Waals surface area contributed by atoms with Gasteiger partial charge in [-0.05, 0) is 23.6 Å². The van der Waals surface area contributed by atoms with E-state index in [9.17, 15) is 15.0 Å². The van der Waals surface area contributed by atoms with Crippen LogP contribution < -0.4 is 0 Å². The lowest BCUT2D eigenvalue weighted by Gasteiger charge is -2.15. The maximum atomic E-state index is 11.0. The van der Waals surface area contributed by atoms with Crippen LogP contribution in [0.1, 0.15) is 12.5 Å². The number of likely N-dealkylation sites (tertiary alicyclic amines) is 1. The van der Waals surface area contributed by atoms with Gasteiger partial charge in [-0.2, -0.15) is 0 Å². The zero-order valence-electron chi connectivity index (χ0n) is 10.2. The number of benzene rings is 1. The molecule has 1 aromatic rings. The van der Waals surface area contributed by atoms with Gasteiger partial charge in [-0.25, -0.2) is 0 Å². The molecule has 1 fully saturated rings. The molecule has 0 saturated carbocycles. The smallest absolute Gasteiger partial charge is 0.308 e. The molecule has 2 unspecified atom stereocenters. The minimum absolute atomic E-state index is 0.133. The predicted octanol–water partition coefficient (Wildman–Crippen LogP) is 1.25. The number of aromatic hydroxyl groups is 2. The summed E-state index contributed by atoms with van der Waals surface area (Å²) in [6.07, 6.45) is 0. The highest BCUT2D eigenvalue weighted by atomic mass is 16.4. The summed E-state index contributed by atoms with van der Waals surface area (Å²) in [6.45, 7) is 3.78. The van der Waals surface area contributed by atoms with Crippen LogP contribution in [0.2, 0.25) is 0 Å². The number of carbonyl (C=O) groups is 1. The monoisotopic (exact) mass is 251 g/mol. The third-order valence-electron chi connectivity index (χ3n) is 3.45. The van der Waals surface area contributed by atoms with E-state index in [4.69, 9.17) is 5.11 Å².